The summed E-state index contributed by atoms with van der Waals surface area (Å²) in [6.45, 7) is 10.9. The third-order valence-electron chi connectivity index (χ3n) is 11.0. The topological polar surface area (TPSA) is 124 Å². The average Bonchev–Trinajstić information content (AvgIpc) is 3.41. The predicted molar refractivity (Wildman–Crippen MR) is 157 cm³/mol. The van der Waals surface area contributed by atoms with Gasteiger partial charge in [0.05, 0.1) is 18.1 Å². The lowest BCUT2D eigenvalue weighted by Crippen LogP contribution is -3.00. The van der Waals surface area contributed by atoms with E-state index in [0.717, 1.165) is 71.5 Å². The third-order valence-corrected chi connectivity index (χ3v) is 11.0. The number of quaternary nitrogens is 2. The smallest absolute Gasteiger partial charge is 0.352 e. The summed E-state index contributed by atoms with van der Waals surface area (Å²) < 4.78 is 1.84. The van der Waals surface area contributed by atoms with E-state index in [9.17, 15) is 29.4 Å². The minimum atomic E-state index is -1.17. The zero-order valence-corrected chi connectivity index (χ0v) is 27.1. The van der Waals surface area contributed by atoms with Gasteiger partial charge in [-0.1, -0.05) is 25.1 Å². The number of halogens is 2. The van der Waals surface area contributed by atoms with Crippen molar-refractivity contribution in [2.24, 2.45) is 11.8 Å². The Morgan fingerprint density at radius 2 is 1.56 bits per heavy atom. The summed E-state index contributed by atoms with van der Waals surface area (Å²) in [5.41, 5.74) is 5.22. The standard InChI is InChI=1S/C33H36N4O6.2ClH/c1-18-27(30(33(42)43)35-29(18)28(19(2)38)32(35)41)21-5-7-23-24(15-21)22-6-4-20(14-25(22)31(23)40)16-36-8-11-37(12-9-36,13-10-36)17-26(39)34-3;;/h4-7,14-15,18-19,28-29,38H,8-13,16-17H2,1-3H3;2*1H/t18-,19+,28+,29+,36?,37?;;/m0../s1. The molecule has 0 aromatic heterocycles. The zero-order chi connectivity index (χ0) is 30.4. The van der Waals surface area contributed by atoms with Gasteiger partial charge in [0.15, 0.2) is 12.3 Å². The van der Waals surface area contributed by atoms with Crippen LogP contribution in [0.25, 0.3) is 16.7 Å². The van der Waals surface area contributed by atoms with E-state index in [4.69, 9.17) is 0 Å². The first-order chi connectivity index (χ1) is 20.5. The number of ketones is 1. The summed E-state index contributed by atoms with van der Waals surface area (Å²) >= 11 is 0. The van der Waals surface area contributed by atoms with Crippen LogP contribution in [0, 0.1) is 11.8 Å². The number of aliphatic hydroxyl groups is 1. The molecule has 45 heavy (non-hydrogen) atoms. The molecule has 6 aliphatic rings. The molecule has 2 amide bonds. The molecule has 12 heteroatoms. The number of carbonyl (C=O) groups is 4. The van der Waals surface area contributed by atoms with Gasteiger partial charge < -0.3 is 54.2 Å². The van der Waals surface area contributed by atoms with Gasteiger partial charge in [-0.15, -0.1) is 0 Å². The van der Waals surface area contributed by atoms with Crippen LogP contribution in [0.15, 0.2) is 42.1 Å². The van der Waals surface area contributed by atoms with E-state index in [-0.39, 0.29) is 54.0 Å². The minimum Gasteiger partial charge on any atom is -1.00 e. The van der Waals surface area contributed by atoms with Gasteiger partial charge in [-0.3, -0.25) is 14.4 Å². The van der Waals surface area contributed by atoms with Gasteiger partial charge in [0.25, 0.3) is 5.91 Å². The van der Waals surface area contributed by atoms with Crippen LogP contribution < -0.4 is 30.1 Å². The lowest BCUT2D eigenvalue weighted by atomic mass is 9.76. The summed E-state index contributed by atoms with van der Waals surface area (Å²) in [6.07, 6.45) is -0.867. The van der Waals surface area contributed by atoms with Crippen LogP contribution in [0.3, 0.4) is 0 Å². The van der Waals surface area contributed by atoms with Gasteiger partial charge >= 0.3 is 5.97 Å². The Kier molecular flexibility index (Phi) is 8.46. The van der Waals surface area contributed by atoms with Gasteiger partial charge in [-0.05, 0) is 47.4 Å². The Morgan fingerprint density at radius 3 is 2.16 bits per heavy atom. The molecule has 4 saturated heterocycles. The maximum absolute atomic E-state index is 13.6. The number of hydrogen-bond acceptors (Lipinski definition) is 5. The van der Waals surface area contributed by atoms with Crippen molar-refractivity contribution in [1.82, 2.24) is 10.2 Å². The molecule has 2 aromatic rings. The highest BCUT2D eigenvalue weighted by molar-refractivity contribution is 6.22. The maximum Gasteiger partial charge on any atom is 0.352 e. The molecular formula is C33H38Cl2N4O6. The van der Waals surface area contributed by atoms with Crippen LogP contribution >= 0.6 is 0 Å². The number of carbonyl (C=O) groups excluding carboxylic acids is 3. The fourth-order valence-electron chi connectivity index (χ4n) is 8.53. The second-order valence-corrected chi connectivity index (χ2v) is 13.3. The number of nitrogens with one attached hydrogen (secondary N) is 1. The number of amides is 2. The first-order valence-corrected chi connectivity index (χ1v) is 15.2. The molecule has 0 spiro atoms. The molecule has 8 rings (SSSR count). The lowest BCUT2D eigenvalue weighted by Gasteiger charge is -2.55. The van der Waals surface area contributed by atoms with Crippen molar-refractivity contribution in [1.29, 1.82) is 0 Å². The second-order valence-electron chi connectivity index (χ2n) is 13.3. The number of aliphatic hydroxyl groups excluding tert-OH is 1. The normalized spacial score (nSPS) is 29.6. The number of likely N-dealkylation sites (N-methyl/N-ethyl adjacent to an activating group) is 1. The summed E-state index contributed by atoms with van der Waals surface area (Å²) in [5.74, 6) is -2.38. The van der Waals surface area contributed by atoms with Crippen molar-refractivity contribution >= 4 is 29.1 Å². The maximum atomic E-state index is 13.6. The first-order valence-electron chi connectivity index (χ1n) is 15.2. The summed E-state index contributed by atoms with van der Waals surface area (Å²) in [7, 11) is 1.69. The van der Waals surface area contributed by atoms with Crippen LogP contribution in [-0.4, -0.2) is 113 Å². The van der Waals surface area contributed by atoms with E-state index in [0.29, 0.717) is 28.8 Å². The van der Waals surface area contributed by atoms with E-state index in [2.05, 4.69) is 11.4 Å². The van der Waals surface area contributed by atoms with Gasteiger partial charge in [-0.25, -0.2) is 4.79 Å². The van der Waals surface area contributed by atoms with Crippen LogP contribution in [0.2, 0.25) is 0 Å². The number of hydrogen-bond donors (Lipinski definition) is 3. The van der Waals surface area contributed by atoms with E-state index in [1.807, 2.05) is 25.1 Å². The number of fused-ring (bicyclic) bond motifs is 7. The molecule has 4 atom stereocenters. The lowest BCUT2D eigenvalue weighted by molar-refractivity contribution is -1.08. The zero-order valence-electron chi connectivity index (χ0n) is 25.6. The molecule has 0 radical (unpaired) electrons. The van der Waals surface area contributed by atoms with Crippen molar-refractivity contribution in [2.75, 3.05) is 52.9 Å². The molecular weight excluding hydrogens is 619 g/mol. The van der Waals surface area contributed by atoms with Crippen LogP contribution in [0.5, 0.6) is 0 Å². The molecule has 2 bridgehead atoms. The highest BCUT2D eigenvalue weighted by Gasteiger charge is 2.60. The van der Waals surface area contributed by atoms with Crippen LogP contribution in [0.4, 0.5) is 0 Å². The van der Waals surface area contributed by atoms with E-state index in [1.54, 1.807) is 26.1 Å². The van der Waals surface area contributed by atoms with E-state index < -0.39 is 24.0 Å². The van der Waals surface area contributed by atoms with Gasteiger partial charge in [0.2, 0.25) is 5.91 Å². The van der Waals surface area contributed by atoms with Crippen molar-refractivity contribution in [2.45, 2.75) is 32.5 Å². The molecule has 5 heterocycles. The summed E-state index contributed by atoms with van der Waals surface area (Å²) in [6, 6.07) is 11.2. The van der Waals surface area contributed by atoms with Crippen LogP contribution in [0.1, 0.15) is 40.9 Å². The number of nitrogens with zero attached hydrogens (tertiary/aromatic N) is 3. The highest BCUT2D eigenvalue weighted by Crippen LogP contribution is 2.51. The van der Waals surface area contributed by atoms with E-state index in [1.165, 1.54) is 4.90 Å². The Morgan fingerprint density at radius 1 is 0.933 bits per heavy atom. The van der Waals surface area contributed by atoms with Crippen molar-refractivity contribution in [3.05, 3.63) is 64.3 Å². The average molecular weight is 658 g/mol. The molecule has 1 aliphatic carbocycles. The summed E-state index contributed by atoms with van der Waals surface area (Å²) in [5, 5.41) is 23.1. The molecule has 4 fully saturated rings. The third kappa shape index (κ3) is 4.89. The SMILES string of the molecule is CNC(=O)C[N+]12CC[N+](Cc3ccc4c(c3)C(=O)c3ccc(C5=C(C(=O)O)N6C(=O)[C@H]([C@@H](C)O)[C@H]6[C@H]5C)cc3-4)(CC1)CC2.[Cl-].[Cl-]. The predicted octanol–water partition coefficient (Wildman–Crippen LogP) is -4.53. The number of β-lactam (4-membered cyclic amide) rings is 1. The number of carboxylic acid groups (broad SMARTS) is 1. The second kappa shape index (κ2) is 11.5. The molecule has 2 aromatic carbocycles. The van der Waals surface area contributed by atoms with E-state index >= 15 is 0 Å². The molecule has 3 N–H and O–H groups in total. The summed E-state index contributed by atoms with van der Waals surface area (Å²) in [4.78, 5) is 52.2. The fraction of sp³-hybridized carbons (Fsp3) is 0.455. The number of aliphatic carboxylic acids is 1. The number of benzene rings is 2. The van der Waals surface area contributed by atoms with Crippen molar-refractivity contribution in [3.63, 3.8) is 0 Å². The largest absolute Gasteiger partial charge is 1.00 e. The molecule has 0 saturated carbocycles. The first kappa shape index (κ1) is 33.1. The number of piperazine rings is 3. The van der Waals surface area contributed by atoms with Gasteiger partial charge in [-0.2, -0.15) is 0 Å². The fourth-order valence-corrected chi connectivity index (χ4v) is 8.53. The monoisotopic (exact) mass is 656 g/mol. The molecule has 5 aliphatic heterocycles. The quantitative estimate of drug-likeness (QED) is 0.174. The highest BCUT2D eigenvalue weighted by atomic mass is 35.5. The number of rotatable bonds is 7. The Balaban J connectivity index is 0.00000200. The Labute approximate surface area is 274 Å². The van der Waals surface area contributed by atoms with Gasteiger partial charge in [0.1, 0.15) is 51.5 Å². The van der Waals surface area contributed by atoms with Crippen molar-refractivity contribution < 1.29 is 63.2 Å². The van der Waals surface area contributed by atoms with Crippen molar-refractivity contribution in [3.8, 4) is 11.1 Å². The Bertz CT molecular complexity index is 1630. The molecule has 240 valence electrons. The minimum absolute atomic E-state index is 0. The van der Waals surface area contributed by atoms with Crippen LogP contribution in [-0.2, 0) is 20.9 Å². The Hall–Kier alpha value is -3.28. The number of carboxylic acids is 1. The molecule has 10 nitrogen and oxygen atoms in total. The molecule has 0 unspecified atom stereocenters. The van der Waals surface area contributed by atoms with Gasteiger partial charge in [0, 0.05) is 29.7 Å².